The van der Waals surface area contributed by atoms with Crippen LogP contribution < -0.4 is 0 Å². The molecule has 15 heavy (non-hydrogen) atoms. The number of nitrogens with zero attached hydrogens (tertiary/aromatic N) is 1. The van der Waals surface area contributed by atoms with Crippen molar-refractivity contribution >= 4 is 6.21 Å². The monoisotopic (exact) mass is 207 g/mol. The van der Waals surface area contributed by atoms with Gasteiger partial charge in [0.15, 0.2) is 0 Å². The maximum atomic E-state index is 4.21. The Morgan fingerprint density at radius 2 is 2.07 bits per heavy atom. The fourth-order valence-corrected chi connectivity index (χ4v) is 1.24. The third-order valence-electron chi connectivity index (χ3n) is 1.81. The lowest BCUT2D eigenvalue weighted by molar-refractivity contribution is 0.848. The Labute approximate surface area is 95.3 Å². The van der Waals surface area contributed by atoms with E-state index in [0.717, 1.165) is 30.5 Å². The third kappa shape index (κ3) is 6.89. The number of hydrogen-bond donors (Lipinski definition) is 0. The summed E-state index contributed by atoms with van der Waals surface area (Å²) in [6, 6.07) is 0. The van der Waals surface area contributed by atoms with Crippen molar-refractivity contribution < 1.29 is 0 Å². The van der Waals surface area contributed by atoms with Crippen molar-refractivity contribution in [2.24, 2.45) is 4.99 Å². The molecule has 0 amide bonds. The van der Waals surface area contributed by atoms with E-state index in [1.54, 1.807) is 0 Å². The molecule has 0 N–H and O–H groups in total. The second kappa shape index (κ2) is 9.45. The Hall–Kier alpha value is -1.11. The van der Waals surface area contributed by atoms with E-state index in [1.807, 2.05) is 27.0 Å². The average molecular weight is 207 g/mol. The van der Waals surface area contributed by atoms with E-state index in [4.69, 9.17) is 0 Å². The molecule has 1 nitrogen and oxygen atoms in total. The largest absolute Gasteiger partial charge is 0.293 e. The van der Waals surface area contributed by atoms with Crippen molar-refractivity contribution in [3.8, 4) is 0 Å². The van der Waals surface area contributed by atoms with Gasteiger partial charge < -0.3 is 0 Å². The molecule has 86 valence electrons. The van der Waals surface area contributed by atoms with Gasteiger partial charge in [0, 0.05) is 12.8 Å². The van der Waals surface area contributed by atoms with Gasteiger partial charge in [-0.15, -0.1) is 0 Å². The third-order valence-corrected chi connectivity index (χ3v) is 1.81. The van der Waals surface area contributed by atoms with Crippen LogP contribution in [0.5, 0.6) is 0 Å². The van der Waals surface area contributed by atoms with Crippen molar-refractivity contribution in [1.82, 2.24) is 0 Å². The van der Waals surface area contributed by atoms with Crippen LogP contribution in [0.15, 0.2) is 40.9 Å². The summed E-state index contributed by atoms with van der Waals surface area (Å²) < 4.78 is 0. The van der Waals surface area contributed by atoms with E-state index in [2.05, 4.69) is 24.2 Å². The summed E-state index contributed by atoms with van der Waals surface area (Å²) in [6.45, 7) is 14.7. The molecule has 0 aliphatic carbocycles. The number of hydrogen-bond acceptors (Lipinski definition) is 1. The molecule has 0 saturated carbocycles. The first-order valence-electron chi connectivity index (χ1n) is 5.25. The highest BCUT2D eigenvalue weighted by Gasteiger charge is 2.03. The van der Waals surface area contributed by atoms with Gasteiger partial charge in [0.05, 0.1) is 0 Å². The minimum absolute atomic E-state index is 0. The summed E-state index contributed by atoms with van der Waals surface area (Å²) in [5, 5.41) is 0. The maximum absolute atomic E-state index is 4.21. The molecule has 0 aromatic heterocycles. The molecule has 1 heterocycles. The van der Waals surface area contributed by atoms with E-state index in [1.165, 1.54) is 5.57 Å². The topological polar surface area (TPSA) is 12.4 Å². The van der Waals surface area contributed by atoms with Crippen molar-refractivity contribution in [2.45, 2.75) is 41.0 Å². The van der Waals surface area contributed by atoms with Crippen molar-refractivity contribution in [1.29, 1.82) is 0 Å². The summed E-state index contributed by atoms with van der Waals surface area (Å²) in [4.78, 5) is 4.21. The predicted molar refractivity (Wildman–Crippen MR) is 72.7 cm³/mol. The molecular weight excluding hydrogens is 182 g/mol. The van der Waals surface area contributed by atoms with Gasteiger partial charge in [-0.3, -0.25) is 4.99 Å². The van der Waals surface area contributed by atoms with Crippen LogP contribution in [0.1, 0.15) is 41.0 Å². The van der Waals surface area contributed by atoms with E-state index in [9.17, 15) is 0 Å². The first-order chi connectivity index (χ1) is 6.70. The van der Waals surface area contributed by atoms with Crippen molar-refractivity contribution in [3.63, 3.8) is 0 Å². The summed E-state index contributed by atoms with van der Waals surface area (Å²) >= 11 is 0. The maximum Gasteiger partial charge on any atom is 0.0392 e. The Bertz CT molecular complexity index is 257. The van der Waals surface area contributed by atoms with E-state index >= 15 is 0 Å². The van der Waals surface area contributed by atoms with E-state index in [-0.39, 0.29) is 7.43 Å². The highest BCUT2D eigenvalue weighted by Crippen LogP contribution is 2.17. The van der Waals surface area contributed by atoms with Crippen LogP contribution >= 0.6 is 0 Å². The van der Waals surface area contributed by atoms with Gasteiger partial charge in [-0.25, -0.2) is 0 Å². The van der Waals surface area contributed by atoms with Gasteiger partial charge in [0.2, 0.25) is 0 Å². The zero-order chi connectivity index (χ0) is 11.0. The Kier molecular flexibility index (Phi) is 10.3. The smallest absolute Gasteiger partial charge is 0.0392 e. The number of allylic oxidation sites excluding steroid dienone is 4. The van der Waals surface area contributed by atoms with Gasteiger partial charge in [-0.2, -0.15) is 0 Å². The lowest BCUT2D eigenvalue weighted by Gasteiger charge is -2.02. The first-order valence-corrected chi connectivity index (χ1v) is 5.25. The summed E-state index contributed by atoms with van der Waals surface area (Å²) in [5.41, 5.74) is 3.40. The van der Waals surface area contributed by atoms with Crippen molar-refractivity contribution in [2.75, 3.05) is 6.54 Å². The second-order valence-corrected chi connectivity index (χ2v) is 3.18. The number of aliphatic imine (C=N–C) groups is 1. The molecule has 0 radical (unpaired) electrons. The standard InChI is InChI=1S/C11H15N.C2H6.CH4/c1-9(2)7-11-5-4-6-12-8-10(11)3;1-2;/h7-8H,1,3-6H2,2H3;1-2H3;1H4/b11-7-;;. The normalized spacial score (nSPS) is 17.3. The minimum Gasteiger partial charge on any atom is -0.293 e. The number of rotatable bonds is 1. The SMILES string of the molecule is C.C=C(C)/C=C1/CCCN=CC1=C.CC. The van der Waals surface area contributed by atoms with Crippen LogP contribution in [0.25, 0.3) is 0 Å². The highest BCUT2D eigenvalue weighted by atomic mass is 14.7. The van der Waals surface area contributed by atoms with Crippen molar-refractivity contribution in [3.05, 3.63) is 36.0 Å². The molecule has 0 atom stereocenters. The zero-order valence-corrected chi connectivity index (χ0v) is 9.64. The van der Waals surface area contributed by atoms with Crippen LogP contribution in [-0.4, -0.2) is 12.8 Å². The fourth-order valence-electron chi connectivity index (χ4n) is 1.24. The van der Waals surface area contributed by atoms with Crippen LogP contribution in [0.4, 0.5) is 0 Å². The van der Waals surface area contributed by atoms with Crippen LogP contribution in [0.3, 0.4) is 0 Å². The summed E-state index contributed by atoms with van der Waals surface area (Å²) in [6.07, 6.45) is 6.15. The molecule has 1 rings (SSSR count). The molecule has 0 spiro atoms. The zero-order valence-electron chi connectivity index (χ0n) is 9.64. The second-order valence-electron chi connectivity index (χ2n) is 3.18. The van der Waals surface area contributed by atoms with E-state index < -0.39 is 0 Å². The molecule has 0 bridgehead atoms. The molecule has 1 aliphatic heterocycles. The van der Waals surface area contributed by atoms with Crippen LogP contribution in [0.2, 0.25) is 0 Å². The van der Waals surface area contributed by atoms with Gasteiger partial charge in [0.1, 0.15) is 0 Å². The quantitative estimate of drug-likeness (QED) is 0.597. The lowest BCUT2D eigenvalue weighted by atomic mass is 10.0. The molecule has 0 aromatic rings. The summed E-state index contributed by atoms with van der Waals surface area (Å²) in [7, 11) is 0. The van der Waals surface area contributed by atoms with Gasteiger partial charge >= 0.3 is 0 Å². The minimum atomic E-state index is 0. The Morgan fingerprint density at radius 1 is 1.47 bits per heavy atom. The van der Waals surface area contributed by atoms with Gasteiger partial charge in [0.25, 0.3) is 0 Å². The molecule has 0 unspecified atom stereocenters. The molecule has 1 aliphatic rings. The lowest BCUT2D eigenvalue weighted by Crippen LogP contribution is -1.87. The van der Waals surface area contributed by atoms with E-state index in [0.29, 0.717) is 0 Å². The van der Waals surface area contributed by atoms with Crippen LogP contribution in [0, 0.1) is 0 Å². The fraction of sp³-hybridized carbons (Fsp3) is 0.500. The van der Waals surface area contributed by atoms with Crippen LogP contribution in [-0.2, 0) is 0 Å². The average Bonchev–Trinajstić information content (AvgIpc) is 2.35. The molecule has 0 fully saturated rings. The highest BCUT2D eigenvalue weighted by molar-refractivity contribution is 5.84. The molecule has 0 saturated heterocycles. The summed E-state index contributed by atoms with van der Waals surface area (Å²) in [5.74, 6) is 0. The molecule has 0 aromatic carbocycles. The Morgan fingerprint density at radius 3 is 2.60 bits per heavy atom. The molecular formula is C14H25N. The van der Waals surface area contributed by atoms with Gasteiger partial charge in [-0.05, 0) is 30.9 Å². The first kappa shape index (κ1) is 16.3. The Balaban J connectivity index is 0. The molecule has 1 heteroatoms. The predicted octanol–water partition coefficient (Wildman–Crippen LogP) is 4.57. The van der Waals surface area contributed by atoms with Gasteiger partial charge in [-0.1, -0.05) is 46.1 Å².